The number of alkyl halides is 3. The SMILES string of the molecule is C[C@H](c1ccc(C=O)cc1)N1C(=O)C(c2ccc(OC(F)(F)F)cc2)=NC12CCC(C(C)(C)C)CC2. The predicted molar refractivity (Wildman–Crippen MR) is 131 cm³/mol. The van der Waals surface area contributed by atoms with Gasteiger partial charge in [0.15, 0.2) is 0 Å². The van der Waals surface area contributed by atoms with Gasteiger partial charge in [0, 0.05) is 11.1 Å². The van der Waals surface area contributed by atoms with Crippen molar-refractivity contribution in [2.75, 3.05) is 0 Å². The van der Waals surface area contributed by atoms with E-state index in [1.54, 1.807) is 12.1 Å². The summed E-state index contributed by atoms with van der Waals surface area (Å²) in [6.45, 7) is 8.63. The Bertz CT molecular complexity index is 1140. The largest absolute Gasteiger partial charge is 0.573 e. The van der Waals surface area contributed by atoms with Crippen LogP contribution in [0.1, 0.15) is 80.9 Å². The summed E-state index contributed by atoms with van der Waals surface area (Å²) in [7, 11) is 0. The molecule has 2 aromatic rings. The third kappa shape index (κ3) is 5.18. The van der Waals surface area contributed by atoms with Crippen LogP contribution in [-0.4, -0.2) is 34.8 Å². The second-order valence-corrected chi connectivity index (χ2v) is 10.8. The summed E-state index contributed by atoms with van der Waals surface area (Å²) in [4.78, 5) is 31.8. The van der Waals surface area contributed by atoms with E-state index in [2.05, 4.69) is 25.5 Å². The molecule has 0 unspecified atom stereocenters. The number of carbonyl (C=O) groups excluding carboxylic acids is 2. The fraction of sp³-hybridized carbons (Fsp3) is 0.464. The summed E-state index contributed by atoms with van der Waals surface area (Å²) in [5.74, 6) is -0.0980. The van der Waals surface area contributed by atoms with Crippen LogP contribution in [0.15, 0.2) is 53.5 Å². The Morgan fingerprint density at radius 1 is 1.03 bits per heavy atom. The van der Waals surface area contributed by atoms with Gasteiger partial charge in [0.25, 0.3) is 5.91 Å². The number of amides is 1. The number of rotatable bonds is 5. The minimum atomic E-state index is -4.79. The molecule has 5 nitrogen and oxygen atoms in total. The van der Waals surface area contributed by atoms with Crippen molar-refractivity contribution in [3.8, 4) is 5.75 Å². The third-order valence-electron chi connectivity index (χ3n) is 7.50. The lowest BCUT2D eigenvalue weighted by Crippen LogP contribution is -2.50. The normalized spacial score (nSPS) is 23.5. The topological polar surface area (TPSA) is 59.0 Å². The molecule has 1 spiro atoms. The summed E-state index contributed by atoms with van der Waals surface area (Å²) in [6.07, 6.45) is -0.771. The number of hydrogen-bond acceptors (Lipinski definition) is 4. The van der Waals surface area contributed by atoms with Crippen molar-refractivity contribution in [1.82, 2.24) is 4.90 Å². The summed E-state index contributed by atoms with van der Waals surface area (Å²) in [6, 6.07) is 12.1. The van der Waals surface area contributed by atoms with Gasteiger partial charge in [-0.05, 0) is 73.8 Å². The van der Waals surface area contributed by atoms with Crippen molar-refractivity contribution in [2.45, 2.75) is 71.4 Å². The van der Waals surface area contributed by atoms with E-state index in [4.69, 9.17) is 4.99 Å². The lowest BCUT2D eigenvalue weighted by atomic mass is 9.69. The van der Waals surface area contributed by atoms with Crippen LogP contribution in [0.4, 0.5) is 13.2 Å². The molecule has 1 heterocycles. The van der Waals surface area contributed by atoms with Crippen LogP contribution >= 0.6 is 0 Å². The first-order chi connectivity index (χ1) is 16.8. The Labute approximate surface area is 209 Å². The summed E-state index contributed by atoms with van der Waals surface area (Å²) >= 11 is 0. The van der Waals surface area contributed by atoms with Gasteiger partial charge < -0.3 is 9.64 Å². The lowest BCUT2D eigenvalue weighted by molar-refractivity contribution is -0.274. The van der Waals surface area contributed by atoms with Gasteiger partial charge in [-0.3, -0.25) is 14.6 Å². The van der Waals surface area contributed by atoms with Gasteiger partial charge in [-0.25, -0.2) is 0 Å². The molecule has 8 heteroatoms. The van der Waals surface area contributed by atoms with Gasteiger partial charge in [0.1, 0.15) is 23.4 Å². The summed E-state index contributed by atoms with van der Waals surface area (Å²) in [5.41, 5.74) is 1.57. The second kappa shape index (κ2) is 9.37. The summed E-state index contributed by atoms with van der Waals surface area (Å²) < 4.78 is 41.7. The van der Waals surface area contributed by atoms with E-state index in [-0.39, 0.29) is 28.8 Å². The molecule has 36 heavy (non-hydrogen) atoms. The fourth-order valence-electron chi connectivity index (χ4n) is 5.45. The average Bonchev–Trinajstić information content (AvgIpc) is 3.09. The number of hydrogen-bond donors (Lipinski definition) is 0. The highest BCUT2D eigenvalue weighted by Gasteiger charge is 2.51. The zero-order valence-electron chi connectivity index (χ0n) is 20.9. The molecule has 192 valence electrons. The lowest BCUT2D eigenvalue weighted by Gasteiger charge is -2.46. The Kier molecular flexibility index (Phi) is 6.75. The second-order valence-electron chi connectivity index (χ2n) is 10.8. The van der Waals surface area contributed by atoms with Gasteiger partial charge in [-0.2, -0.15) is 0 Å². The first-order valence-corrected chi connectivity index (χ1v) is 12.2. The van der Waals surface area contributed by atoms with Crippen molar-refractivity contribution in [3.05, 3.63) is 65.2 Å². The van der Waals surface area contributed by atoms with E-state index in [9.17, 15) is 22.8 Å². The van der Waals surface area contributed by atoms with Crippen molar-refractivity contribution in [1.29, 1.82) is 0 Å². The van der Waals surface area contributed by atoms with Crippen LogP contribution in [0.3, 0.4) is 0 Å². The van der Waals surface area contributed by atoms with Gasteiger partial charge >= 0.3 is 6.36 Å². The Balaban J connectivity index is 1.69. The van der Waals surface area contributed by atoms with Crippen LogP contribution in [0.25, 0.3) is 0 Å². The quantitative estimate of drug-likeness (QED) is 0.428. The maximum absolute atomic E-state index is 13.8. The number of nitrogens with zero attached hydrogens (tertiary/aromatic N) is 2. The number of halogens is 3. The number of aldehydes is 1. The smallest absolute Gasteiger partial charge is 0.406 e. The monoisotopic (exact) mass is 500 g/mol. The maximum Gasteiger partial charge on any atom is 0.573 e. The minimum Gasteiger partial charge on any atom is -0.406 e. The molecule has 2 aliphatic rings. The van der Waals surface area contributed by atoms with Crippen LogP contribution in [0.5, 0.6) is 5.75 Å². The van der Waals surface area contributed by atoms with Gasteiger partial charge in [0.05, 0.1) is 6.04 Å². The zero-order chi connectivity index (χ0) is 26.3. The van der Waals surface area contributed by atoms with E-state index >= 15 is 0 Å². The minimum absolute atomic E-state index is 0.145. The molecule has 1 aliphatic carbocycles. The molecular weight excluding hydrogens is 469 g/mol. The van der Waals surface area contributed by atoms with E-state index < -0.39 is 12.0 Å². The van der Waals surface area contributed by atoms with E-state index in [1.807, 2.05) is 24.0 Å². The van der Waals surface area contributed by atoms with Crippen LogP contribution in [-0.2, 0) is 4.79 Å². The molecule has 1 atom stereocenters. The Hall–Kier alpha value is -3.16. The Morgan fingerprint density at radius 2 is 1.61 bits per heavy atom. The number of carbonyl (C=O) groups is 2. The molecule has 0 bridgehead atoms. The van der Waals surface area contributed by atoms with E-state index in [0.717, 1.165) is 24.7 Å². The fourth-order valence-corrected chi connectivity index (χ4v) is 5.45. The molecule has 0 N–H and O–H groups in total. The van der Waals surface area contributed by atoms with Gasteiger partial charge in [-0.1, -0.05) is 45.0 Å². The molecule has 1 aliphatic heterocycles. The van der Waals surface area contributed by atoms with Gasteiger partial charge in [-0.15, -0.1) is 13.2 Å². The van der Waals surface area contributed by atoms with E-state index in [1.165, 1.54) is 24.3 Å². The number of ether oxygens (including phenoxy) is 1. The molecule has 0 radical (unpaired) electrons. The number of benzene rings is 2. The predicted octanol–water partition coefficient (Wildman–Crippen LogP) is 6.72. The highest BCUT2D eigenvalue weighted by molar-refractivity contribution is 6.46. The van der Waals surface area contributed by atoms with E-state index in [0.29, 0.717) is 29.9 Å². The van der Waals surface area contributed by atoms with Crippen molar-refractivity contribution in [3.63, 3.8) is 0 Å². The molecule has 0 saturated heterocycles. The summed E-state index contributed by atoms with van der Waals surface area (Å²) in [5, 5.41) is 0. The van der Waals surface area contributed by atoms with Crippen LogP contribution in [0.2, 0.25) is 0 Å². The molecule has 0 aromatic heterocycles. The maximum atomic E-state index is 13.8. The molecule has 1 fully saturated rings. The third-order valence-corrected chi connectivity index (χ3v) is 7.50. The molecule has 2 aromatic carbocycles. The van der Waals surface area contributed by atoms with Crippen molar-refractivity contribution >= 4 is 17.9 Å². The molecular formula is C28H31F3N2O3. The Morgan fingerprint density at radius 3 is 2.11 bits per heavy atom. The molecule has 1 saturated carbocycles. The standard InChI is InChI=1S/C28H31F3N2O3/c1-18(20-7-5-19(17-34)6-8-20)33-25(35)24(21-9-11-23(12-10-21)36-28(29,30)31)32-27(33)15-13-22(14-16-27)26(2,3)4/h5-12,17-18,22H,13-16H2,1-4H3/t18-,22?,27?/m1/s1. The van der Waals surface area contributed by atoms with Crippen molar-refractivity contribution in [2.24, 2.45) is 16.3 Å². The highest BCUT2D eigenvalue weighted by atomic mass is 19.4. The molecule has 4 rings (SSSR count). The number of aliphatic imine (C=N–C) groups is 1. The van der Waals surface area contributed by atoms with Crippen LogP contribution < -0.4 is 4.74 Å². The zero-order valence-corrected chi connectivity index (χ0v) is 20.9. The van der Waals surface area contributed by atoms with Crippen LogP contribution in [0, 0.1) is 11.3 Å². The van der Waals surface area contributed by atoms with Crippen molar-refractivity contribution < 1.29 is 27.5 Å². The van der Waals surface area contributed by atoms with Gasteiger partial charge in [0.2, 0.25) is 0 Å². The highest BCUT2D eigenvalue weighted by Crippen LogP contribution is 2.49. The molecule has 1 amide bonds. The average molecular weight is 501 g/mol. The first-order valence-electron chi connectivity index (χ1n) is 12.2. The first kappa shape index (κ1) is 25.9.